The molecule has 1 aliphatic heterocycles. The minimum Gasteiger partial charge on any atom is -0.394 e. The zero-order chi connectivity index (χ0) is 31.7. The molecule has 8 nitrogen and oxygen atoms in total. The van der Waals surface area contributed by atoms with Crippen LogP contribution in [0.25, 0.3) is 0 Å². The molecule has 43 heavy (non-hydrogen) atoms. The number of fused-ring (bicyclic) bond motifs is 2. The van der Waals surface area contributed by atoms with Crippen LogP contribution in [0, 0.1) is 34.5 Å². The van der Waals surface area contributed by atoms with Gasteiger partial charge < -0.3 is 20.4 Å². The molecule has 0 radical (unpaired) electrons. The van der Waals surface area contributed by atoms with Crippen LogP contribution in [0.1, 0.15) is 78.9 Å². The molecule has 3 N–H and O–H groups in total. The summed E-state index contributed by atoms with van der Waals surface area (Å²) in [5, 5.41) is 26.0. The van der Waals surface area contributed by atoms with Gasteiger partial charge in [-0.25, -0.2) is 0 Å². The summed E-state index contributed by atoms with van der Waals surface area (Å²) in [5.74, 6) is 1.04. The third-order valence-electron chi connectivity index (χ3n) is 10.8. The maximum Gasteiger partial charge on any atom is 0.240 e. The third-order valence-corrected chi connectivity index (χ3v) is 10.8. The number of hydroxylamine groups is 2. The number of nitrogens with one attached hydrogen (secondary N) is 1. The van der Waals surface area contributed by atoms with E-state index in [1.165, 1.54) is 12.0 Å². The van der Waals surface area contributed by atoms with E-state index in [9.17, 15) is 15.0 Å². The number of hydrogen-bond donors (Lipinski definition) is 3. The van der Waals surface area contributed by atoms with Crippen LogP contribution < -0.4 is 5.32 Å². The Morgan fingerprint density at radius 1 is 1.16 bits per heavy atom. The van der Waals surface area contributed by atoms with Crippen LogP contribution in [0.4, 0.5) is 0 Å². The molecule has 3 saturated carbocycles. The lowest BCUT2D eigenvalue weighted by molar-refractivity contribution is -0.183. The normalized spacial score (nSPS) is 31.3. The number of benzene rings is 1. The Kier molecular flexibility index (Phi) is 11.0. The minimum absolute atomic E-state index is 0.106. The molecule has 1 saturated heterocycles. The summed E-state index contributed by atoms with van der Waals surface area (Å²) in [4.78, 5) is 24.9. The highest BCUT2D eigenvalue weighted by Crippen LogP contribution is 2.61. The minimum atomic E-state index is -0.798. The number of amides is 1. The van der Waals surface area contributed by atoms with E-state index < -0.39 is 24.2 Å². The standard InChI is InChI=1S/C35H60N4O4/c1-23-28-18-27(35(28,6)7)19-29(23)36-33(42)32-31(24(2)41)30(22-40)43-39(32)21-26-12-10-11-25(17-26)20-38(16-15-37(8)9)14-13-34(3,4)5/h10-12,17,23-24,27-32,40-41H,13-16,18-22H2,1-9H3,(H,36,42)/t23-,24-,27+,28-,29-,30-,31+,32-/m0/s1. The van der Waals surface area contributed by atoms with E-state index in [4.69, 9.17) is 4.84 Å². The summed E-state index contributed by atoms with van der Waals surface area (Å²) >= 11 is 0. The lowest BCUT2D eigenvalue weighted by Crippen LogP contribution is -2.62. The molecule has 1 aromatic carbocycles. The topological polar surface area (TPSA) is 88.5 Å². The van der Waals surface area contributed by atoms with Crippen LogP contribution in [0.2, 0.25) is 0 Å². The first-order valence-electron chi connectivity index (χ1n) is 16.6. The fourth-order valence-electron chi connectivity index (χ4n) is 7.85. The van der Waals surface area contributed by atoms with Gasteiger partial charge in [-0.2, -0.15) is 5.06 Å². The van der Waals surface area contributed by atoms with Crippen molar-refractivity contribution < 1.29 is 19.8 Å². The summed E-state index contributed by atoms with van der Waals surface area (Å²) in [7, 11) is 4.23. The molecule has 2 bridgehead atoms. The van der Waals surface area contributed by atoms with Gasteiger partial charge in [0.05, 0.1) is 19.3 Å². The van der Waals surface area contributed by atoms with Gasteiger partial charge in [0.15, 0.2) is 0 Å². The Bertz CT molecular complexity index is 1070. The van der Waals surface area contributed by atoms with E-state index in [2.05, 4.69) is 95.0 Å². The first-order valence-corrected chi connectivity index (χ1v) is 16.6. The van der Waals surface area contributed by atoms with Crippen molar-refractivity contribution in [2.45, 2.75) is 105 Å². The second kappa shape index (κ2) is 13.8. The fraction of sp³-hybridized carbons (Fsp3) is 0.800. The van der Waals surface area contributed by atoms with E-state index in [1.807, 2.05) is 0 Å². The average molecular weight is 601 g/mol. The molecular formula is C35H60N4O4. The molecule has 4 aliphatic rings. The van der Waals surface area contributed by atoms with Gasteiger partial charge in [0, 0.05) is 31.6 Å². The van der Waals surface area contributed by atoms with Gasteiger partial charge in [0.2, 0.25) is 5.91 Å². The summed E-state index contributed by atoms with van der Waals surface area (Å²) in [6.45, 7) is 19.6. The lowest BCUT2D eigenvalue weighted by atomic mass is 9.45. The maximum absolute atomic E-state index is 14.0. The van der Waals surface area contributed by atoms with Crippen LogP contribution in [-0.4, -0.2) is 95.6 Å². The van der Waals surface area contributed by atoms with Crippen LogP contribution in [0.15, 0.2) is 24.3 Å². The second-order valence-corrected chi connectivity index (χ2v) is 15.9. The maximum atomic E-state index is 14.0. The summed E-state index contributed by atoms with van der Waals surface area (Å²) in [6, 6.07) is 7.98. The summed E-state index contributed by atoms with van der Waals surface area (Å²) in [5.41, 5.74) is 2.90. The number of nitrogens with zero attached hydrogens (tertiary/aromatic N) is 3. The quantitative estimate of drug-likeness (QED) is 0.314. The molecule has 0 spiro atoms. The highest BCUT2D eigenvalue weighted by molar-refractivity contribution is 5.82. The zero-order valence-electron chi connectivity index (χ0n) is 28.3. The number of carbonyl (C=O) groups excluding carboxylic acids is 1. The Morgan fingerprint density at radius 3 is 2.44 bits per heavy atom. The van der Waals surface area contributed by atoms with E-state index in [0.717, 1.165) is 44.6 Å². The molecule has 4 fully saturated rings. The van der Waals surface area contributed by atoms with E-state index in [1.54, 1.807) is 12.0 Å². The number of aliphatic hydroxyl groups is 2. The molecule has 5 rings (SSSR count). The molecule has 244 valence electrons. The number of rotatable bonds is 13. The van der Waals surface area contributed by atoms with E-state index in [0.29, 0.717) is 29.7 Å². The van der Waals surface area contributed by atoms with Crippen LogP contribution in [-0.2, 0) is 22.7 Å². The first kappa shape index (κ1) is 34.3. The van der Waals surface area contributed by atoms with Gasteiger partial charge in [-0.1, -0.05) is 65.8 Å². The number of hydrogen-bond acceptors (Lipinski definition) is 7. The SMILES string of the molecule is C[C@@H]1[C@@H](NC(=O)[C@@H]2[C@H]([C@H](C)O)[C@H](CO)ON2Cc2cccc(CN(CCN(C)C)CCC(C)(C)C)c2)C[C@H]2C[C@@H]1C2(C)C. The molecular weight excluding hydrogens is 540 g/mol. The molecule has 0 unspecified atom stereocenters. The van der Waals surface area contributed by atoms with Crippen LogP contribution in [0.5, 0.6) is 0 Å². The monoisotopic (exact) mass is 600 g/mol. The molecule has 1 amide bonds. The Balaban J connectivity index is 1.48. The van der Waals surface area contributed by atoms with E-state index in [-0.39, 0.29) is 24.0 Å². The Labute approximate surface area is 261 Å². The van der Waals surface area contributed by atoms with Crippen LogP contribution >= 0.6 is 0 Å². The molecule has 1 aromatic rings. The third kappa shape index (κ3) is 8.19. The molecule has 1 heterocycles. The van der Waals surface area contributed by atoms with Crippen molar-refractivity contribution in [2.75, 3.05) is 40.3 Å². The second-order valence-electron chi connectivity index (χ2n) is 15.9. The van der Waals surface area contributed by atoms with Crippen molar-refractivity contribution >= 4 is 5.91 Å². The average Bonchev–Trinajstić information content (AvgIpc) is 3.29. The Hall–Kier alpha value is -1.55. The number of likely N-dealkylation sites (N-methyl/N-ethyl adjacent to an activating group) is 1. The van der Waals surface area contributed by atoms with Gasteiger partial charge in [0.1, 0.15) is 12.1 Å². The first-order chi connectivity index (χ1) is 20.1. The Morgan fingerprint density at radius 2 is 1.86 bits per heavy atom. The van der Waals surface area contributed by atoms with E-state index >= 15 is 0 Å². The van der Waals surface area contributed by atoms with Crippen LogP contribution in [0.3, 0.4) is 0 Å². The van der Waals surface area contributed by atoms with Crippen molar-refractivity contribution in [1.29, 1.82) is 0 Å². The highest BCUT2D eigenvalue weighted by Gasteiger charge is 2.57. The predicted octanol–water partition coefficient (Wildman–Crippen LogP) is 4.15. The van der Waals surface area contributed by atoms with Gasteiger partial charge >= 0.3 is 0 Å². The molecule has 0 aromatic heterocycles. The van der Waals surface area contributed by atoms with Gasteiger partial charge in [-0.15, -0.1) is 0 Å². The number of carbonyl (C=O) groups is 1. The van der Waals surface area contributed by atoms with Crippen molar-refractivity contribution in [3.63, 3.8) is 0 Å². The van der Waals surface area contributed by atoms with Gasteiger partial charge in [-0.3, -0.25) is 14.5 Å². The van der Waals surface area contributed by atoms with Gasteiger partial charge in [-0.05, 0) is 86.5 Å². The molecule has 8 atom stereocenters. The molecule has 8 heteroatoms. The fourth-order valence-corrected chi connectivity index (χ4v) is 7.85. The van der Waals surface area contributed by atoms with Crippen molar-refractivity contribution in [3.05, 3.63) is 35.4 Å². The lowest BCUT2D eigenvalue weighted by Gasteiger charge is -2.62. The number of aliphatic hydroxyl groups excluding tert-OH is 2. The molecule has 3 aliphatic carbocycles. The van der Waals surface area contributed by atoms with Crippen molar-refractivity contribution in [3.8, 4) is 0 Å². The smallest absolute Gasteiger partial charge is 0.240 e. The summed E-state index contributed by atoms with van der Waals surface area (Å²) < 4.78 is 0. The highest BCUT2D eigenvalue weighted by atomic mass is 16.7. The zero-order valence-corrected chi connectivity index (χ0v) is 28.3. The predicted molar refractivity (Wildman–Crippen MR) is 172 cm³/mol. The summed E-state index contributed by atoms with van der Waals surface area (Å²) in [6.07, 6.45) is 1.94. The van der Waals surface area contributed by atoms with Crippen molar-refractivity contribution in [1.82, 2.24) is 20.2 Å². The largest absolute Gasteiger partial charge is 0.394 e. The van der Waals surface area contributed by atoms with Gasteiger partial charge in [0.25, 0.3) is 0 Å². The van der Waals surface area contributed by atoms with Crippen molar-refractivity contribution in [2.24, 2.45) is 34.5 Å².